The summed E-state index contributed by atoms with van der Waals surface area (Å²) in [5.41, 5.74) is 1.85. The highest BCUT2D eigenvalue weighted by Gasteiger charge is 2.33. The van der Waals surface area contributed by atoms with Crippen molar-refractivity contribution in [2.75, 3.05) is 0 Å². The van der Waals surface area contributed by atoms with Gasteiger partial charge in [0.05, 0.1) is 11.7 Å². The van der Waals surface area contributed by atoms with Gasteiger partial charge in [-0.15, -0.1) is 0 Å². The van der Waals surface area contributed by atoms with Crippen LogP contribution in [0.5, 0.6) is 0 Å². The minimum atomic E-state index is -4.54. The van der Waals surface area contributed by atoms with Crippen LogP contribution in [0.4, 0.5) is 13.2 Å². The minimum Gasteiger partial charge on any atom is -0.278 e. The third kappa shape index (κ3) is 2.61. The predicted octanol–water partition coefficient (Wildman–Crippen LogP) is 4.98. The first-order chi connectivity index (χ1) is 13.5. The van der Waals surface area contributed by atoms with Gasteiger partial charge in [0.25, 0.3) is 0 Å². The summed E-state index contributed by atoms with van der Waals surface area (Å²) >= 11 is 0. The maximum atomic E-state index is 13.2. The molecule has 0 atom stereocenters. The lowest BCUT2D eigenvalue weighted by Gasteiger charge is -2.10. The predicted molar refractivity (Wildman–Crippen MR) is 99.0 cm³/mol. The van der Waals surface area contributed by atoms with Gasteiger partial charge in [-0.3, -0.25) is 9.67 Å². The molecule has 0 saturated heterocycles. The van der Waals surface area contributed by atoms with Gasteiger partial charge in [-0.1, -0.05) is 30.3 Å². The molecule has 28 heavy (non-hydrogen) atoms. The summed E-state index contributed by atoms with van der Waals surface area (Å²) in [6, 6.07) is 17.1. The van der Waals surface area contributed by atoms with E-state index in [2.05, 4.69) is 20.2 Å². The lowest BCUT2D eigenvalue weighted by Crippen LogP contribution is -2.08. The van der Waals surface area contributed by atoms with Crippen LogP contribution in [0, 0.1) is 0 Å². The van der Waals surface area contributed by atoms with E-state index in [4.69, 9.17) is 0 Å². The van der Waals surface area contributed by atoms with Crippen LogP contribution in [0.3, 0.4) is 0 Å². The molecule has 0 saturated carbocycles. The van der Waals surface area contributed by atoms with Crippen LogP contribution in [0.1, 0.15) is 5.69 Å². The van der Waals surface area contributed by atoms with Crippen LogP contribution < -0.4 is 0 Å². The molecule has 0 aliphatic carbocycles. The van der Waals surface area contributed by atoms with Crippen molar-refractivity contribution in [1.82, 2.24) is 24.7 Å². The number of H-pyrrole nitrogens is 1. The number of imidazole rings is 1. The first-order valence-corrected chi connectivity index (χ1v) is 8.46. The van der Waals surface area contributed by atoms with Crippen LogP contribution in [-0.4, -0.2) is 24.7 Å². The Morgan fingerprint density at radius 2 is 1.71 bits per heavy atom. The summed E-state index contributed by atoms with van der Waals surface area (Å²) in [7, 11) is 0. The maximum absolute atomic E-state index is 13.2. The van der Waals surface area contributed by atoms with E-state index in [9.17, 15) is 13.2 Å². The molecule has 1 N–H and O–H groups in total. The van der Waals surface area contributed by atoms with Gasteiger partial charge < -0.3 is 0 Å². The molecular formula is C20H12F3N5. The van der Waals surface area contributed by atoms with Crippen molar-refractivity contribution >= 4 is 22.1 Å². The van der Waals surface area contributed by atoms with Crippen LogP contribution in [0.2, 0.25) is 0 Å². The third-order valence-corrected chi connectivity index (χ3v) is 4.51. The third-order valence-electron chi connectivity index (χ3n) is 4.51. The number of rotatable bonds is 2. The summed E-state index contributed by atoms with van der Waals surface area (Å²) in [6.45, 7) is 0. The summed E-state index contributed by atoms with van der Waals surface area (Å²) < 4.78 is 41.4. The molecule has 0 aliphatic rings. The smallest absolute Gasteiger partial charge is 0.278 e. The molecule has 5 nitrogen and oxygen atoms in total. The zero-order valence-electron chi connectivity index (χ0n) is 14.3. The first-order valence-electron chi connectivity index (χ1n) is 8.46. The molecule has 3 heterocycles. The Morgan fingerprint density at radius 1 is 0.893 bits per heavy atom. The average Bonchev–Trinajstić information content (AvgIpc) is 3.31. The number of nitrogens with one attached hydrogen (secondary N) is 1. The lowest BCUT2D eigenvalue weighted by atomic mass is 10.2. The van der Waals surface area contributed by atoms with Gasteiger partial charge in [0.15, 0.2) is 5.65 Å². The molecule has 0 unspecified atom stereocenters. The fraction of sp³-hybridized carbons (Fsp3) is 0.0500. The van der Waals surface area contributed by atoms with E-state index in [1.54, 1.807) is 16.8 Å². The number of hydrogen-bond donors (Lipinski definition) is 1. The Kier molecular flexibility index (Phi) is 3.48. The van der Waals surface area contributed by atoms with E-state index in [0.717, 1.165) is 22.5 Å². The molecule has 0 spiro atoms. The number of alkyl halides is 3. The molecule has 3 aromatic heterocycles. The summed E-state index contributed by atoms with van der Waals surface area (Å²) in [5.74, 6) is 0.519. The Labute approximate surface area is 156 Å². The van der Waals surface area contributed by atoms with E-state index in [1.807, 2.05) is 42.5 Å². The normalized spacial score (nSPS) is 12.1. The monoisotopic (exact) mass is 379 g/mol. The molecule has 8 heteroatoms. The zero-order chi connectivity index (χ0) is 19.3. The molecule has 0 amide bonds. The van der Waals surface area contributed by atoms with Gasteiger partial charge in [-0.25, -0.2) is 9.97 Å². The van der Waals surface area contributed by atoms with E-state index in [-0.39, 0.29) is 5.65 Å². The first kappa shape index (κ1) is 16.5. The second-order valence-electron chi connectivity index (χ2n) is 6.32. The van der Waals surface area contributed by atoms with Gasteiger partial charge in [-0.05, 0) is 30.3 Å². The van der Waals surface area contributed by atoms with E-state index >= 15 is 0 Å². The van der Waals surface area contributed by atoms with E-state index in [1.165, 1.54) is 6.07 Å². The van der Waals surface area contributed by atoms with Gasteiger partial charge in [0.2, 0.25) is 0 Å². The van der Waals surface area contributed by atoms with Gasteiger partial charge in [0, 0.05) is 16.6 Å². The highest BCUT2D eigenvalue weighted by molar-refractivity contribution is 5.84. The van der Waals surface area contributed by atoms with Crippen molar-refractivity contribution < 1.29 is 13.2 Å². The van der Waals surface area contributed by atoms with Crippen LogP contribution in [-0.2, 0) is 6.18 Å². The van der Waals surface area contributed by atoms with Crippen molar-refractivity contribution in [3.63, 3.8) is 0 Å². The van der Waals surface area contributed by atoms with Crippen molar-refractivity contribution in [2.45, 2.75) is 6.18 Å². The summed E-state index contributed by atoms with van der Waals surface area (Å²) in [4.78, 5) is 8.45. The average molecular weight is 379 g/mol. The van der Waals surface area contributed by atoms with Crippen molar-refractivity contribution in [3.05, 3.63) is 72.6 Å². The highest BCUT2D eigenvalue weighted by Crippen LogP contribution is 2.32. The standard InChI is InChI=1S/C20H12F3N5/c21-20(22,23)17-9-8-16-19(26-17)28(18(25-16)12-4-2-1-3-5-12)14-6-7-15-13(10-14)11-24-27-15/h1-11H,(H,24,27). The van der Waals surface area contributed by atoms with Crippen LogP contribution in [0.25, 0.3) is 39.1 Å². The van der Waals surface area contributed by atoms with Crippen molar-refractivity contribution in [2.24, 2.45) is 0 Å². The highest BCUT2D eigenvalue weighted by atomic mass is 19.4. The topological polar surface area (TPSA) is 59.4 Å². The van der Waals surface area contributed by atoms with E-state index < -0.39 is 11.9 Å². The number of fused-ring (bicyclic) bond motifs is 2. The Morgan fingerprint density at radius 3 is 2.50 bits per heavy atom. The molecule has 138 valence electrons. The van der Waals surface area contributed by atoms with Gasteiger partial charge >= 0.3 is 6.18 Å². The van der Waals surface area contributed by atoms with Crippen LogP contribution >= 0.6 is 0 Å². The molecule has 0 aliphatic heterocycles. The quantitative estimate of drug-likeness (QED) is 0.470. The molecule has 5 rings (SSSR count). The Balaban J connectivity index is 1.84. The largest absolute Gasteiger partial charge is 0.433 e. The number of hydrogen-bond acceptors (Lipinski definition) is 3. The van der Waals surface area contributed by atoms with E-state index in [0.29, 0.717) is 17.0 Å². The number of aromatic nitrogens is 5. The maximum Gasteiger partial charge on any atom is 0.433 e. The number of benzene rings is 2. The second kappa shape index (κ2) is 5.91. The fourth-order valence-electron chi connectivity index (χ4n) is 3.21. The fourth-order valence-corrected chi connectivity index (χ4v) is 3.21. The lowest BCUT2D eigenvalue weighted by molar-refractivity contribution is -0.141. The molecule has 5 aromatic rings. The SMILES string of the molecule is FC(F)(F)c1ccc2nc(-c3ccccc3)n(-c3ccc4[nH]ncc4c3)c2n1. The zero-order valence-corrected chi connectivity index (χ0v) is 14.3. The second-order valence-corrected chi connectivity index (χ2v) is 6.32. The minimum absolute atomic E-state index is 0.150. The molecular weight excluding hydrogens is 367 g/mol. The molecule has 0 radical (unpaired) electrons. The van der Waals surface area contributed by atoms with Crippen LogP contribution in [0.15, 0.2) is 66.9 Å². The number of aromatic amines is 1. The summed E-state index contributed by atoms with van der Waals surface area (Å²) in [6.07, 6.45) is -2.88. The number of halogens is 3. The van der Waals surface area contributed by atoms with Gasteiger partial charge in [0.1, 0.15) is 17.0 Å². The van der Waals surface area contributed by atoms with Gasteiger partial charge in [-0.2, -0.15) is 18.3 Å². The Bertz CT molecular complexity index is 1300. The molecule has 0 fully saturated rings. The number of pyridine rings is 1. The Hall–Kier alpha value is -3.68. The number of nitrogens with zero attached hydrogens (tertiary/aromatic N) is 4. The molecule has 2 aromatic carbocycles. The molecule has 0 bridgehead atoms. The van der Waals surface area contributed by atoms with Crippen molar-refractivity contribution in [1.29, 1.82) is 0 Å². The summed E-state index contributed by atoms with van der Waals surface area (Å²) in [5, 5.41) is 7.70. The van der Waals surface area contributed by atoms with Crippen molar-refractivity contribution in [3.8, 4) is 17.1 Å².